The zero-order valence-corrected chi connectivity index (χ0v) is 11.4. The van der Waals surface area contributed by atoms with E-state index in [1.54, 1.807) is 0 Å². The number of halogens is 2. The van der Waals surface area contributed by atoms with Gasteiger partial charge in [-0.3, -0.25) is 4.90 Å². The molecule has 0 radical (unpaired) electrons. The van der Waals surface area contributed by atoms with Crippen LogP contribution in [0, 0.1) is 0 Å². The maximum atomic E-state index is 5.86. The molecule has 0 aliphatic heterocycles. The van der Waals surface area contributed by atoms with Gasteiger partial charge in [0.2, 0.25) is 0 Å². The summed E-state index contributed by atoms with van der Waals surface area (Å²) in [5.41, 5.74) is 1.30. The van der Waals surface area contributed by atoms with E-state index < -0.39 is 0 Å². The molecule has 0 atom stereocenters. The van der Waals surface area contributed by atoms with Gasteiger partial charge in [-0.15, -0.1) is 11.6 Å². The van der Waals surface area contributed by atoms with Crippen LogP contribution in [0.25, 0.3) is 0 Å². The molecule has 0 fully saturated rings. The number of nitrogens with zero attached hydrogens (tertiary/aromatic N) is 1. The summed E-state index contributed by atoms with van der Waals surface area (Å²) in [6.45, 7) is 6.43. The van der Waals surface area contributed by atoms with E-state index in [1.165, 1.54) is 5.56 Å². The van der Waals surface area contributed by atoms with Crippen LogP contribution in [0.5, 0.6) is 0 Å². The van der Waals surface area contributed by atoms with Crippen molar-refractivity contribution in [3.63, 3.8) is 0 Å². The minimum atomic E-state index is 0.541. The number of alkyl halides is 1. The molecule has 0 unspecified atom stereocenters. The molecular formula is C13H19Cl2N. The molecule has 16 heavy (non-hydrogen) atoms. The molecule has 0 bridgehead atoms. The van der Waals surface area contributed by atoms with E-state index in [2.05, 4.69) is 30.9 Å². The van der Waals surface area contributed by atoms with Crippen LogP contribution in [0.4, 0.5) is 0 Å². The highest BCUT2D eigenvalue weighted by atomic mass is 35.5. The van der Waals surface area contributed by atoms with Gasteiger partial charge in [0.15, 0.2) is 0 Å². The number of benzene rings is 1. The fraction of sp³-hybridized carbons (Fsp3) is 0.538. The van der Waals surface area contributed by atoms with E-state index in [1.807, 2.05) is 12.1 Å². The molecule has 90 valence electrons. The Labute approximate surface area is 108 Å². The summed E-state index contributed by atoms with van der Waals surface area (Å²) in [6, 6.07) is 8.59. The Morgan fingerprint density at radius 1 is 1.19 bits per heavy atom. The first-order valence-corrected chi connectivity index (χ1v) is 6.59. The van der Waals surface area contributed by atoms with E-state index in [9.17, 15) is 0 Å². The first-order chi connectivity index (χ1) is 7.63. The largest absolute Gasteiger partial charge is 0.297 e. The van der Waals surface area contributed by atoms with Crippen molar-refractivity contribution in [1.82, 2.24) is 4.90 Å². The molecule has 1 rings (SSSR count). The Morgan fingerprint density at radius 3 is 2.31 bits per heavy atom. The second-order valence-corrected chi connectivity index (χ2v) is 5.05. The average molecular weight is 260 g/mol. The predicted molar refractivity (Wildman–Crippen MR) is 72.3 cm³/mol. The van der Waals surface area contributed by atoms with Crippen molar-refractivity contribution >= 4 is 23.2 Å². The van der Waals surface area contributed by atoms with E-state index in [4.69, 9.17) is 23.2 Å². The normalized spacial score (nSPS) is 11.4. The van der Waals surface area contributed by atoms with Crippen molar-refractivity contribution in [2.75, 3.05) is 12.4 Å². The third-order valence-corrected chi connectivity index (χ3v) is 3.13. The molecule has 0 N–H and O–H groups in total. The van der Waals surface area contributed by atoms with Crippen LogP contribution in [0.1, 0.15) is 25.8 Å². The molecule has 0 saturated carbocycles. The molecule has 0 saturated heterocycles. The third kappa shape index (κ3) is 4.73. The molecule has 1 aromatic carbocycles. The third-order valence-electron chi connectivity index (χ3n) is 2.61. The lowest BCUT2D eigenvalue weighted by atomic mass is 10.2. The van der Waals surface area contributed by atoms with Crippen molar-refractivity contribution in [2.24, 2.45) is 0 Å². The van der Waals surface area contributed by atoms with Crippen molar-refractivity contribution < 1.29 is 0 Å². The highest BCUT2D eigenvalue weighted by Gasteiger charge is 2.09. The molecule has 0 aliphatic carbocycles. The predicted octanol–water partition coefficient (Wildman–Crippen LogP) is 4.18. The number of hydrogen-bond acceptors (Lipinski definition) is 1. The quantitative estimate of drug-likeness (QED) is 0.693. The summed E-state index contributed by atoms with van der Waals surface area (Å²) in [7, 11) is 0. The average Bonchev–Trinajstić information content (AvgIpc) is 2.26. The highest BCUT2D eigenvalue weighted by Crippen LogP contribution is 2.13. The summed E-state index contributed by atoms with van der Waals surface area (Å²) in [6.07, 6.45) is 1.04. The number of hydrogen-bond donors (Lipinski definition) is 0. The Morgan fingerprint density at radius 2 is 1.81 bits per heavy atom. The second kappa shape index (κ2) is 7.16. The second-order valence-electron chi connectivity index (χ2n) is 4.23. The van der Waals surface area contributed by atoms with Gasteiger partial charge in [0.1, 0.15) is 0 Å². The fourth-order valence-electron chi connectivity index (χ4n) is 1.61. The van der Waals surface area contributed by atoms with Crippen LogP contribution < -0.4 is 0 Å². The van der Waals surface area contributed by atoms with E-state index in [0.29, 0.717) is 6.04 Å². The van der Waals surface area contributed by atoms with Gasteiger partial charge in [0.25, 0.3) is 0 Å². The molecule has 1 nitrogen and oxygen atoms in total. The molecule has 0 spiro atoms. The molecule has 3 heteroatoms. The van der Waals surface area contributed by atoms with Crippen LogP contribution in [0.2, 0.25) is 5.02 Å². The van der Waals surface area contributed by atoms with E-state index >= 15 is 0 Å². The standard InChI is InChI=1S/C13H19Cl2N/c1-11(2)16(9-3-8-14)10-12-4-6-13(15)7-5-12/h4-7,11H,3,8-10H2,1-2H3. The number of rotatable bonds is 6. The van der Waals surface area contributed by atoms with Gasteiger partial charge in [0.05, 0.1) is 0 Å². The van der Waals surface area contributed by atoms with Crippen LogP contribution in [0.15, 0.2) is 24.3 Å². The Kier molecular flexibility index (Phi) is 6.18. The Bertz CT molecular complexity index is 295. The molecule has 0 aliphatic rings. The monoisotopic (exact) mass is 259 g/mol. The first-order valence-electron chi connectivity index (χ1n) is 5.68. The molecule has 1 aromatic rings. The topological polar surface area (TPSA) is 3.24 Å². The lowest BCUT2D eigenvalue weighted by molar-refractivity contribution is 0.214. The molecule has 0 heterocycles. The summed E-state index contributed by atoms with van der Waals surface area (Å²) in [5, 5.41) is 0.792. The maximum absolute atomic E-state index is 5.86. The fourth-order valence-corrected chi connectivity index (χ4v) is 1.85. The minimum absolute atomic E-state index is 0.541. The summed E-state index contributed by atoms with van der Waals surface area (Å²) >= 11 is 11.6. The summed E-state index contributed by atoms with van der Waals surface area (Å²) in [5.74, 6) is 0.726. The summed E-state index contributed by atoms with van der Waals surface area (Å²) < 4.78 is 0. The smallest absolute Gasteiger partial charge is 0.0406 e. The van der Waals surface area contributed by atoms with Crippen molar-refractivity contribution in [3.05, 3.63) is 34.9 Å². The minimum Gasteiger partial charge on any atom is -0.297 e. The van der Waals surface area contributed by atoms with Crippen LogP contribution in [0.3, 0.4) is 0 Å². The van der Waals surface area contributed by atoms with Gasteiger partial charge >= 0.3 is 0 Å². The van der Waals surface area contributed by atoms with Crippen molar-refractivity contribution in [3.8, 4) is 0 Å². The van der Waals surface area contributed by atoms with Gasteiger partial charge in [-0.25, -0.2) is 0 Å². The van der Waals surface area contributed by atoms with Crippen molar-refractivity contribution in [1.29, 1.82) is 0 Å². The van der Waals surface area contributed by atoms with Crippen LogP contribution in [-0.2, 0) is 6.54 Å². The lowest BCUT2D eigenvalue weighted by Crippen LogP contribution is -2.31. The summed E-state index contributed by atoms with van der Waals surface area (Å²) in [4.78, 5) is 2.42. The van der Waals surface area contributed by atoms with Gasteiger partial charge in [-0.2, -0.15) is 0 Å². The first kappa shape index (κ1) is 13.8. The molecule has 0 amide bonds. The van der Waals surface area contributed by atoms with Crippen LogP contribution in [-0.4, -0.2) is 23.4 Å². The zero-order chi connectivity index (χ0) is 12.0. The Hall–Kier alpha value is -0.240. The van der Waals surface area contributed by atoms with Gasteiger partial charge < -0.3 is 0 Å². The van der Waals surface area contributed by atoms with E-state index in [0.717, 1.165) is 30.4 Å². The van der Waals surface area contributed by atoms with Gasteiger partial charge in [-0.05, 0) is 44.5 Å². The van der Waals surface area contributed by atoms with Gasteiger partial charge in [0, 0.05) is 23.5 Å². The highest BCUT2D eigenvalue weighted by molar-refractivity contribution is 6.30. The Balaban J connectivity index is 2.57. The van der Waals surface area contributed by atoms with Crippen LogP contribution >= 0.6 is 23.2 Å². The SMILES string of the molecule is CC(C)N(CCCCl)Cc1ccc(Cl)cc1. The van der Waals surface area contributed by atoms with Gasteiger partial charge in [-0.1, -0.05) is 23.7 Å². The maximum Gasteiger partial charge on any atom is 0.0406 e. The van der Waals surface area contributed by atoms with E-state index in [-0.39, 0.29) is 0 Å². The van der Waals surface area contributed by atoms with Crippen molar-refractivity contribution in [2.45, 2.75) is 32.9 Å². The zero-order valence-electron chi connectivity index (χ0n) is 9.92. The molecular weight excluding hydrogens is 241 g/mol. The molecule has 0 aromatic heterocycles. The lowest BCUT2D eigenvalue weighted by Gasteiger charge is -2.26.